The van der Waals surface area contributed by atoms with Gasteiger partial charge in [-0.2, -0.15) is 5.26 Å². The minimum atomic E-state index is -1.44. The minimum Gasteiger partial charge on any atom is -0.296 e. The first-order chi connectivity index (χ1) is 11.5. The first-order valence-electron chi connectivity index (χ1n) is 7.60. The van der Waals surface area contributed by atoms with E-state index < -0.39 is 11.5 Å². The molecule has 24 heavy (non-hydrogen) atoms. The quantitative estimate of drug-likeness (QED) is 0.602. The summed E-state index contributed by atoms with van der Waals surface area (Å²) >= 11 is 12.4. The third-order valence-corrected chi connectivity index (χ3v) is 5.22. The predicted octanol–water partition coefficient (Wildman–Crippen LogP) is 3.81. The highest BCUT2D eigenvalue weighted by Gasteiger charge is 2.51. The molecule has 1 aliphatic heterocycles. The Morgan fingerprint density at radius 3 is 2.54 bits per heavy atom. The highest BCUT2D eigenvalue weighted by atomic mass is 35.5. The number of nitrogens with zero attached hydrogens (tertiary/aromatic N) is 3. The molecule has 0 spiro atoms. The van der Waals surface area contributed by atoms with Crippen molar-refractivity contribution in [1.82, 2.24) is 4.90 Å². The van der Waals surface area contributed by atoms with Crippen molar-refractivity contribution in [2.24, 2.45) is 5.92 Å². The van der Waals surface area contributed by atoms with Crippen molar-refractivity contribution < 1.29 is 4.92 Å². The van der Waals surface area contributed by atoms with Crippen LogP contribution in [0.25, 0.3) is 5.57 Å². The van der Waals surface area contributed by atoms with Gasteiger partial charge in [0.25, 0.3) is 5.54 Å². The number of nitro groups is 1. The van der Waals surface area contributed by atoms with Gasteiger partial charge in [0.1, 0.15) is 5.92 Å². The SMILES string of the molecule is N#CC1C=C(c2c(Cl)cccc2Cl)C=CC1(CN1CCC1)[N+](=O)[O-]. The van der Waals surface area contributed by atoms with Crippen LogP contribution in [0.15, 0.2) is 36.4 Å². The van der Waals surface area contributed by atoms with Gasteiger partial charge < -0.3 is 0 Å². The van der Waals surface area contributed by atoms with E-state index in [9.17, 15) is 15.4 Å². The maximum atomic E-state index is 11.8. The topological polar surface area (TPSA) is 70.2 Å². The third-order valence-electron chi connectivity index (χ3n) is 4.59. The number of hydrogen-bond acceptors (Lipinski definition) is 4. The van der Waals surface area contributed by atoms with Gasteiger partial charge in [0.15, 0.2) is 0 Å². The van der Waals surface area contributed by atoms with Gasteiger partial charge in [-0.3, -0.25) is 15.0 Å². The Balaban J connectivity index is 2.01. The molecule has 1 aromatic carbocycles. The van der Waals surface area contributed by atoms with Crippen LogP contribution < -0.4 is 0 Å². The van der Waals surface area contributed by atoms with E-state index in [1.54, 1.807) is 30.4 Å². The van der Waals surface area contributed by atoms with Crippen LogP contribution in [0.5, 0.6) is 0 Å². The summed E-state index contributed by atoms with van der Waals surface area (Å²) in [5.74, 6) is -0.888. The molecule has 1 aromatic rings. The normalized spacial score (nSPS) is 26.4. The average molecular weight is 364 g/mol. The zero-order chi connectivity index (χ0) is 17.3. The molecule has 7 heteroatoms. The van der Waals surface area contributed by atoms with Gasteiger partial charge in [-0.25, -0.2) is 0 Å². The highest BCUT2D eigenvalue weighted by molar-refractivity contribution is 6.37. The molecule has 0 bridgehead atoms. The molecule has 0 radical (unpaired) electrons. The Morgan fingerprint density at radius 2 is 2.04 bits per heavy atom. The van der Waals surface area contributed by atoms with E-state index in [1.807, 2.05) is 4.90 Å². The number of allylic oxidation sites excluding steroid dienone is 2. The van der Waals surface area contributed by atoms with Gasteiger partial charge in [-0.1, -0.05) is 41.4 Å². The summed E-state index contributed by atoms with van der Waals surface area (Å²) in [5.41, 5.74) is -0.205. The molecular formula is C17H15Cl2N3O2. The van der Waals surface area contributed by atoms with Crippen molar-refractivity contribution in [1.29, 1.82) is 5.26 Å². The molecule has 2 unspecified atom stereocenters. The fourth-order valence-electron chi connectivity index (χ4n) is 3.09. The minimum absolute atomic E-state index is 0.231. The Kier molecular flexibility index (Phi) is 4.64. The Hall–Kier alpha value is -1.87. The van der Waals surface area contributed by atoms with Gasteiger partial charge in [0, 0.05) is 20.5 Å². The Labute approximate surface area is 149 Å². The number of hydrogen-bond donors (Lipinski definition) is 0. The highest BCUT2D eigenvalue weighted by Crippen LogP contribution is 2.39. The van der Waals surface area contributed by atoms with Gasteiger partial charge in [0.05, 0.1) is 12.6 Å². The van der Waals surface area contributed by atoms with Gasteiger partial charge in [-0.05, 0) is 43.3 Å². The van der Waals surface area contributed by atoms with Crippen LogP contribution in [0.3, 0.4) is 0 Å². The van der Waals surface area contributed by atoms with E-state index in [-0.39, 0.29) is 11.5 Å². The molecule has 1 fully saturated rings. The second-order valence-corrected chi connectivity index (χ2v) is 6.85. The summed E-state index contributed by atoms with van der Waals surface area (Å²) in [6.45, 7) is 1.89. The van der Waals surface area contributed by atoms with E-state index in [1.165, 1.54) is 6.08 Å². The summed E-state index contributed by atoms with van der Waals surface area (Å²) in [4.78, 5) is 13.4. The Bertz CT molecular complexity index is 760. The molecule has 3 rings (SSSR count). The number of nitriles is 1. The number of likely N-dealkylation sites (tertiary alicyclic amines) is 1. The van der Waals surface area contributed by atoms with Gasteiger partial charge in [0.2, 0.25) is 0 Å². The molecule has 1 saturated heterocycles. The lowest BCUT2D eigenvalue weighted by molar-refractivity contribution is -0.561. The van der Waals surface area contributed by atoms with Crippen molar-refractivity contribution in [3.05, 3.63) is 62.2 Å². The maximum absolute atomic E-state index is 11.8. The smallest absolute Gasteiger partial charge is 0.272 e. The third kappa shape index (κ3) is 2.82. The van der Waals surface area contributed by atoms with Crippen LogP contribution in [0, 0.1) is 27.4 Å². The van der Waals surface area contributed by atoms with Crippen molar-refractivity contribution >= 4 is 28.8 Å². The molecule has 2 atom stereocenters. The van der Waals surface area contributed by atoms with Crippen LogP contribution >= 0.6 is 23.2 Å². The standard InChI is InChI=1S/C17H15Cl2N3O2/c18-14-3-1-4-15(19)16(14)12-5-6-17(22(23)24,13(9-12)10-20)11-21-7-2-8-21/h1,3-6,9,13H,2,7-8,11H2. The van der Waals surface area contributed by atoms with Crippen LogP contribution in [-0.2, 0) is 0 Å². The molecule has 1 heterocycles. The number of halogens is 2. The van der Waals surface area contributed by atoms with E-state index in [0.29, 0.717) is 21.2 Å². The summed E-state index contributed by atoms with van der Waals surface area (Å²) < 4.78 is 0. The van der Waals surface area contributed by atoms with Crippen LogP contribution in [-0.4, -0.2) is 35.0 Å². The summed E-state index contributed by atoms with van der Waals surface area (Å²) in [6.07, 6.45) is 5.82. The van der Waals surface area contributed by atoms with E-state index in [2.05, 4.69) is 6.07 Å². The lowest BCUT2D eigenvalue weighted by atomic mass is 9.78. The van der Waals surface area contributed by atoms with Crippen molar-refractivity contribution in [3.8, 4) is 6.07 Å². The molecular weight excluding hydrogens is 349 g/mol. The van der Waals surface area contributed by atoms with Crippen molar-refractivity contribution in [3.63, 3.8) is 0 Å². The predicted molar refractivity (Wildman–Crippen MR) is 93.5 cm³/mol. The number of benzene rings is 1. The van der Waals surface area contributed by atoms with Crippen LogP contribution in [0.1, 0.15) is 12.0 Å². The summed E-state index contributed by atoms with van der Waals surface area (Å²) in [5, 5.41) is 22.3. The first-order valence-corrected chi connectivity index (χ1v) is 8.35. The van der Waals surface area contributed by atoms with Crippen molar-refractivity contribution in [2.75, 3.05) is 19.6 Å². The molecule has 124 valence electrons. The Morgan fingerprint density at radius 1 is 1.38 bits per heavy atom. The zero-order valence-electron chi connectivity index (χ0n) is 12.8. The van der Waals surface area contributed by atoms with Gasteiger partial charge >= 0.3 is 0 Å². The van der Waals surface area contributed by atoms with Gasteiger partial charge in [-0.15, -0.1) is 0 Å². The van der Waals surface area contributed by atoms with Crippen LogP contribution in [0.2, 0.25) is 10.0 Å². The molecule has 0 N–H and O–H groups in total. The summed E-state index contributed by atoms with van der Waals surface area (Å²) in [6, 6.07) is 7.22. The lowest BCUT2D eigenvalue weighted by Gasteiger charge is -2.37. The number of rotatable bonds is 4. The largest absolute Gasteiger partial charge is 0.296 e. The fourth-order valence-corrected chi connectivity index (χ4v) is 3.70. The second-order valence-electron chi connectivity index (χ2n) is 6.04. The van der Waals surface area contributed by atoms with Crippen molar-refractivity contribution in [2.45, 2.75) is 12.0 Å². The average Bonchev–Trinajstić information content (AvgIpc) is 2.51. The zero-order valence-corrected chi connectivity index (χ0v) is 14.3. The van der Waals surface area contributed by atoms with E-state index in [0.717, 1.165) is 19.5 Å². The monoisotopic (exact) mass is 363 g/mol. The molecule has 2 aliphatic rings. The first kappa shape index (κ1) is 17.0. The lowest BCUT2D eigenvalue weighted by Crippen LogP contribution is -2.55. The molecule has 0 saturated carbocycles. The fraction of sp³-hybridized carbons (Fsp3) is 0.353. The summed E-state index contributed by atoms with van der Waals surface area (Å²) in [7, 11) is 0. The molecule has 0 aromatic heterocycles. The maximum Gasteiger partial charge on any atom is 0.272 e. The van der Waals surface area contributed by atoms with E-state index >= 15 is 0 Å². The second kappa shape index (κ2) is 6.56. The van der Waals surface area contributed by atoms with E-state index in [4.69, 9.17) is 23.2 Å². The molecule has 1 aliphatic carbocycles. The molecule has 0 amide bonds. The van der Waals surface area contributed by atoms with Crippen LogP contribution in [0.4, 0.5) is 0 Å². The molecule has 5 nitrogen and oxygen atoms in total.